The van der Waals surface area contributed by atoms with E-state index in [1.807, 2.05) is 38.1 Å². The SMILES string of the molecule is CCCCCNC(=O)C(C)(C)C(=O)N(CC)c1cccc(C)c1. The van der Waals surface area contributed by atoms with Crippen molar-refractivity contribution in [1.82, 2.24) is 5.32 Å². The monoisotopic (exact) mass is 318 g/mol. The normalized spacial score (nSPS) is 11.2. The molecule has 0 radical (unpaired) electrons. The van der Waals surface area contributed by atoms with Crippen molar-refractivity contribution in [2.24, 2.45) is 5.41 Å². The highest BCUT2D eigenvalue weighted by Crippen LogP contribution is 2.25. The number of carbonyl (C=O) groups is 2. The lowest BCUT2D eigenvalue weighted by Crippen LogP contribution is -2.50. The molecule has 0 spiro atoms. The van der Waals surface area contributed by atoms with Gasteiger partial charge in [0.05, 0.1) is 0 Å². The maximum Gasteiger partial charge on any atom is 0.242 e. The maximum atomic E-state index is 12.9. The fraction of sp³-hybridized carbons (Fsp3) is 0.579. The second-order valence-corrected chi connectivity index (χ2v) is 6.48. The zero-order chi connectivity index (χ0) is 17.5. The first kappa shape index (κ1) is 19.2. The van der Waals surface area contributed by atoms with Gasteiger partial charge in [0.2, 0.25) is 11.8 Å². The molecular formula is C19H30N2O2. The summed E-state index contributed by atoms with van der Waals surface area (Å²) in [5, 5.41) is 2.89. The van der Waals surface area contributed by atoms with Crippen molar-refractivity contribution in [2.45, 2.75) is 53.9 Å². The molecular weight excluding hydrogens is 288 g/mol. The van der Waals surface area contributed by atoms with Crippen LogP contribution in [0.25, 0.3) is 0 Å². The topological polar surface area (TPSA) is 49.4 Å². The van der Waals surface area contributed by atoms with Crippen LogP contribution in [0, 0.1) is 12.3 Å². The Labute approximate surface area is 140 Å². The van der Waals surface area contributed by atoms with E-state index in [9.17, 15) is 9.59 Å². The predicted octanol–water partition coefficient (Wildman–Crippen LogP) is 3.68. The molecule has 0 saturated carbocycles. The Morgan fingerprint density at radius 1 is 1.17 bits per heavy atom. The Balaban J connectivity index is 2.84. The summed E-state index contributed by atoms with van der Waals surface area (Å²) >= 11 is 0. The van der Waals surface area contributed by atoms with Crippen molar-refractivity contribution in [1.29, 1.82) is 0 Å². The second-order valence-electron chi connectivity index (χ2n) is 6.48. The van der Waals surface area contributed by atoms with Crippen LogP contribution in [-0.4, -0.2) is 24.9 Å². The summed E-state index contributed by atoms with van der Waals surface area (Å²) < 4.78 is 0. The average molecular weight is 318 g/mol. The van der Waals surface area contributed by atoms with Gasteiger partial charge in [0, 0.05) is 18.8 Å². The average Bonchev–Trinajstić information content (AvgIpc) is 2.52. The molecule has 0 aromatic heterocycles. The van der Waals surface area contributed by atoms with E-state index >= 15 is 0 Å². The van der Waals surface area contributed by atoms with Gasteiger partial charge in [-0.2, -0.15) is 0 Å². The van der Waals surface area contributed by atoms with Crippen LogP contribution in [-0.2, 0) is 9.59 Å². The van der Waals surface area contributed by atoms with Crippen LogP contribution >= 0.6 is 0 Å². The van der Waals surface area contributed by atoms with E-state index in [1.54, 1.807) is 18.7 Å². The summed E-state index contributed by atoms with van der Waals surface area (Å²) in [5.41, 5.74) is 0.853. The highest BCUT2D eigenvalue weighted by atomic mass is 16.2. The lowest BCUT2D eigenvalue weighted by molar-refractivity contribution is -0.139. The highest BCUT2D eigenvalue weighted by Gasteiger charge is 2.39. The summed E-state index contributed by atoms with van der Waals surface area (Å²) in [6, 6.07) is 7.80. The zero-order valence-electron chi connectivity index (χ0n) is 15.1. The summed E-state index contributed by atoms with van der Waals surface area (Å²) in [6.07, 6.45) is 3.13. The molecule has 1 aromatic carbocycles. The minimum Gasteiger partial charge on any atom is -0.355 e. The number of rotatable bonds is 8. The third kappa shape index (κ3) is 5.08. The van der Waals surface area contributed by atoms with Gasteiger partial charge in [-0.3, -0.25) is 9.59 Å². The van der Waals surface area contributed by atoms with Crippen molar-refractivity contribution < 1.29 is 9.59 Å². The summed E-state index contributed by atoms with van der Waals surface area (Å²) in [4.78, 5) is 27.0. The van der Waals surface area contributed by atoms with E-state index in [2.05, 4.69) is 12.2 Å². The Morgan fingerprint density at radius 3 is 2.43 bits per heavy atom. The number of nitrogens with one attached hydrogen (secondary N) is 1. The van der Waals surface area contributed by atoms with Gasteiger partial charge < -0.3 is 10.2 Å². The van der Waals surface area contributed by atoms with Gasteiger partial charge >= 0.3 is 0 Å². The van der Waals surface area contributed by atoms with Gasteiger partial charge in [-0.25, -0.2) is 0 Å². The van der Waals surface area contributed by atoms with Crippen LogP contribution in [0.4, 0.5) is 5.69 Å². The molecule has 0 heterocycles. The third-order valence-electron chi connectivity index (χ3n) is 4.04. The summed E-state index contributed by atoms with van der Waals surface area (Å²) in [7, 11) is 0. The van der Waals surface area contributed by atoms with Gasteiger partial charge in [0.1, 0.15) is 5.41 Å². The molecule has 0 atom stereocenters. The number of unbranched alkanes of at least 4 members (excludes halogenated alkanes) is 2. The van der Waals surface area contributed by atoms with Crippen LogP contribution in [0.15, 0.2) is 24.3 Å². The van der Waals surface area contributed by atoms with Gasteiger partial charge in [0.25, 0.3) is 0 Å². The van der Waals surface area contributed by atoms with E-state index in [0.717, 1.165) is 30.5 Å². The molecule has 0 fully saturated rings. The van der Waals surface area contributed by atoms with Crippen LogP contribution in [0.3, 0.4) is 0 Å². The van der Waals surface area contributed by atoms with Crippen molar-refractivity contribution in [3.63, 3.8) is 0 Å². The summed E-state index contributed by atoms with van der Waals surface area (Å²) in [5.74, 6) is -0.372. The molecule has 0 aliphatic rings. The first-order valence-corrected chi connectivity index (χ1v) is 8.51. The van der Waals surface area contributed by atoms with Crippen LogP contribution in [0.1, 0.15) is 52.5 Å². The van der Waals surface area contributed by atoms with Crippen molar-refractivity contribution in [3.05, 3.63) is 29.8 Å². The Morgan fingerprint density at radius 2 is 1.87 bits per heavy atom. The van der Waals surface area contributed by atoms with E-state index in [0.29, 0.717) is 13.1 Å². The summed E-state index contributed by atoms with van der Waals surface area (Å²) in [6.45, 7) is 10.6. The number of hydrogen-bond donors (Lipinski definition) is 1. The predicted molar refractivity (Wildman–Crippen MR) is 95.5 cm³/mol. The van der Waals surface area contributed by atoms with Gasteiger partial charge in [-0.15, -0.1) is 0 Å². The number of carbonyl (C=O) groups excluding carboxylic acids is 2. The Bertz CT molecular complexity index is 538. The van der Waals surface area contributed by atoms with Crippen LogP contribution < -0.4 is 10.2 Å². The quantitative estimate of drug-likeness (QED) is 0.587. The first-order valence-electron chi connectivity index (χ1n) is 8.51. The van der Waals surface area contributed by atoms with Crippen molar-refractivity contribution in [2.75, 3.05) is 18.0 Å². The molecule has 0 saturated heterocycles. The van der Waals surface area contributed by atoms with Gasteiger partial charge in [-0.05, 0) is 51.8 Å². The minimum absolute atomic E-state index is 0.168. The minimum atomic E-state index is -1.08. The Hall–Kier alpha value is -1.84. The first-order chi connectivity index (χ1) is 10.8. The number of nitrogens with zero attached hydrogens (tertiary/aromatic N) is 1. The molecule has 4 heteroatoms. The molecule has 0 aliphatic heterocycles. The second kappa shape index (κ2) is 8.70. The molecule has 1 N–H and O–H groups in total. The smallest absolute Gasteiger partial charge is 0.242 e. The molecule has 2 amide bonds. The fourth-order valence-electron chi connectivity index (χ4n) is 2.47. The number of benzene rings is 1. The zero-order valence-corrected chi connectivity index (χ0v) is 15.1. The van der Waals surface area contributed by atoms with Crippen molar-refractivity contribution in [3.8, 4) is 0 Å². The molecule has 1 aromatic rings. The number of amides is 2. The number of hydrogen-bond acceptors (Lipinski definition) is 2. The van der Waals surface area contributed by atoms with E-state index in [1.165, 1.54) is 0 Å². The van der Waals surface area contributed by atoms with Gasteiger partial charge in [0.15, 0.2) is 0 Å². The number of anilines is 1. The van der Waals surface area contributed by atoms with E-state index in [-0.39, 0.29) is 11.8 Å². The van der Waals surface area contributed by atoms with E-state index in [4.69, 9.17) is 0 Å². The molecule has 0 bridgehead atoms. The van der Waals surface area contributed by atoms with Crippen LogP contribution in [0.2, 0.25) is 0 Å². The molecule has 1 rings (SSSR count). The van der Waals surface area contributed by atoms with Gasteiger partial charge in [-0.1, -0.05) is 31.9 Å². The lowest BCUT2D eigenvalue weighted by atomic mass is 9.89. The maximum absolute atomic E-state index is 12.9. The highest BCUT2D eigenvalue weighted by molar-refractivity contribution is 6.11. The lowest BCUT2D eigenvalue weighted by Gasteiger charge is -2.30. The largest absolute Gasteiger partial charge is 0.355 e. The van der Waals surface area contributed by atoms with E-state index < -0.39 is 5.41 Å². The molecule has 23 heavy (non-hydrogen) atoms. The van der Waals surface area contributed by atoms with Crippen molar-refractivity contribution >= 4 is 17.5 Å². The molecule has 0 aliphatic carbocycles. The number of aryl methyl sites for hydroxylation is 1. The third-order valence-corrected chi connectivity index (χ3v) is 4.04. The van der Waals surface area contributed by atoms with Crippen LogP contribution in [0.5, 0.6) is 0 Å². The molecule has 0 unspecified atom stereocenters. The molecule has 4 nitrogen and oxygen atoms in total. The molecule has 128 valence electrons. The Kier molecular flexibility index (Phi) is 7.27. The standard InChI is InChI=1S/C19H30N2O2/c1-6-8-9-13-20-17(22)19(4,5)18(23)21(7-2)16-12-10-11-15(3)14-16/h10-12,14H,6-9,13H2,1-5H3,(H,20,22). The fourth-order valence-corrected chi connectivity index (χ4v) is 2.47.